The summed E-state index contributed by atoms with van der Waals surface area (Å²) < 4.78 is 5.27. The fourth-order valence-corrected chi connectivity index (χ4v) is 6.14. The number of carbonyl (C=O) groups excluding carboxylic acids is 4. The number of amides is 4. The first-order valence-corrected chi connectivity index (χ1v) is 16.7. The lowest BCUT2D eigenvalue weighted by atomic mass is 9.96. The molecule has 1 aliphatic heterocycles. The van der Waals surface area contributed by atoms with Crippen LogP contribution in [0.1, 0.15) is 50.3 Å². The van der Waals surface area contributed by atoms with Crippen molar-refractivity contribution in [2.45, 2.75) is 82.8 Å². The number of alkyl carbamates (subject to hydrolysis) is 1. The smallest absolute Gasteiger partial charge is 0.408 e. The van der Waals surface area contributed by atoms with Gasteiger partial charge in [0, 0.05) is 18.6 Å². The molecule has 11 heteroatoms. The van der Waals surface area contributed by atoms with Crippen molar-refractivity contribution < 1.29 is 29.0 Å². The molecule has 0 unspecified atom stereocenters. The molecule has 0 saturated carbocycles. The van der Waals surface area contributed by atoms with E-state index in [1.807, 2.05) is 92.4 Å². The maximum atomic E-state index is 13.6. The molecule has 4 rings (SSSR count). The molecule has 49 heavy (non-hydrogen) atoms. The van der Waals surface area contributed by atoms with Crippen LogP contribution in [0.5, 0.6) is 0 Å². The summed E-state index contributed by atoms with van der Waals surface area (Å²) in [5, 5.41) is 20.2. The molecule has 0 aromatic heterocycles. The largest absolute Gasteiger partial charge is 0.445 e. The molecule has 3 aromatic carbocycles. The molecule has 6 N–H and O–H groups in total. The van der Waals surface area contributed by atoms with Gasteiger partial charge in [-0.1, -0.05) is 91.0 Å². The average Bonchev–Trinajstić information content (AvgIpc) is 3.45. The van der Waals surface area contributed by atoms with Crippen LogP contribution in [0.3, 0.4) is 0 Å². The Hall–Kier alpha value is -4.74. The summed E-state index contributed by atoms with van der Waals surface area (Å²) in [6.45, 7) is 6.45. The van der Waals surface area contributed by atoms with E-state index in [1.165, 1.54) is 5.56 Å². The van der Waals surface area contributed by atoms with Gasteiger partial charge in [0.25, 0.3) is 0 Å². The van der Waals surface area contributed by atoms with Gasteiger partial charge in [-0.15, -0.1) is 0 Å². The molecule has 1 saturated heterocycles. The fourth-order valence-electron chi connectivity index (χ4n) is 6.14. The first-order chi connectivity index (χ1) is 23.4. The Morgan fingerprint density at radius 2 is 1.45 bits per heavy atom. The number of rotatable bonds is 15. The van der Waals surface area contributed by atoms with Crippen LogP contribution in [0, 0.1) is 5.92 Å². The zero-order chi connectivity index (χ0) is 35.4. The third-order valence-corrected chi connectivity index (χ3v) is 8.40. The van der Waals surface area contributed by atoms with E-state index in [1.54, 1.807) is 12.1 Å². The Kier molecular flexibility index (Phi) is 13.3. The van der Waals surface area contributed by atoms with Crippen molar-refractivity contribution >= 4 is 23.8 Å². The number of nitrogens with zero attached hydrogens (tertiary/aromatic N) is 1. The van der Waals surface area contributed by atoms with Crippen LogP contribution < -0.4 is 21.7 Å². The SMILES string of the molecule is CC(C)(C)NC(=O)[C@@H]1C[C@H](Cc2ccccc2)CN1C[C@@H](O)[C@H](Cc1ccccc1)NC(=O)[C@H](CC(N)=O)NC(=O)OCc1ccccc1. The summed E-state index contributed by atoms with van der Waals surface area (Å²) in [5.74, 6) is -1.42. The molecule has 0 spiro atoms. The summed E-state index contributed by atoms with van der Waals surface area (Å²) >= 11 is 0. The van der Waals surface area contributed by atoms with Gasteiger partial charge >= 0.3 is 6.09 Å². The topological polar surface area (TPSA) is 163 Å². The molecule has 0 aliphatic carbocycles. The maximum absolute atomic E-state index is 13.6. The number of ether oxygens (including phenoxy) is 1. The van der Waals surface area contributed by atoms with Crippen molar-refractivity contribution in [1.29, 1.82) is 0 Å². The second kappa shape index (κ2) is 17.6. The van der Waals surface area contributed by atoms with Crippen LogP contribution in [0.2, 0.25) is 0 Å². The Balaban J connectivity index is 1.50. The zero-order valence-corrected chi connectivity index (χ0v) is 28.5. The lowest BCUT2D eigenvalue weighted by molar-refractivity contribution is -0.129. The van der Waals surface area contributed by atoms with Gasteiger partial charge in [-0.25, -0.2) is 4.79 Å². The predicted octanol–water partition coefficient (Wildman–Crippen LogP) is 3.09. The van der Waals surface area contributed by atoms with E-state index in [0.29, 0.717) is 13.0 Å². The second-order valence-electron chi connectivity index (χ2n) is 13.8. The lowest BCUT2D eigenvalue weighted by Crippen LogP contribution is -2.57. The fraction of sp³-hybridized carbons (Fsp3) is 0.421. The highest BCUT2D eigenvalue weighted by molar-refractivity contribution is 5.90. The summed E-state index contributed by atoms with van der Waals surface area (Å²) in [6.07, 6.45) is -0.797. The highest BCUT2D eigenvalue weighted by atomic mass is 16.5. The molecular formula is C38H49N5O6. The highest BCUT2D eigenvalue weighted by Gasteiger charge is 2.40. The van der Waals surface area contributed by atoms with Crippen molar-refractivity contribution in [2.24, 2.45) is 11.7 Å². The minimum Gasteiger partial charge on any atom is -0.445 e. The number of β-amino-alcohol motifs (C(OH)–C–C–N with tert-alkyl or cyclic N) is 1. The van der Waals surface area contributed by atoms with Crippen LogP contribution in [0.4, 0.5) is 4.79 Å². The Morgan fingerprint density at radius 1 is 0.878 bits per heavy atom. The zero-order valence-electron chi connectivity index (χ0n) is 28.5. The lowest BCUT2D eigenvalue weighted by Gasteiger charge is -2.32. The monoisotopic (exact) mass is 671 g/mol. The van der Waals surface area contributed by atoms with Crippen LogP contribution in [0.15, 0.2) is 91.0 Å². The molecule has 3 aromatic rings. The van der Waals surface area contributed by atoms with Gasteiger partial charge < -0.3 is 31.5 Å². The van der Waals surface area contributed by atoms with Gasteiger partial charge in [0.05, 0.1) is 24.6 Å². The molecular weight excluding hydrogens is 622 g/mol. The van der Waals surface area contributed by atoms with E-state index in [4.69, 9.17) is 10.5 Å². The van der Waals surface area contributed by atoms with Crippen LogP contribution in [-0.4, -0.2) is 76.7 Å². The molecule has 11 nitrogen and oxygen atoms in total. The Bertz CT molecular complexity index is 1520. The number of aliphatic hydroxyl groups is 1. The number of likely N-dealkylation sites (tertiary alicyclic amines) is 1. The molecule has 262 valence electrons. The Labute approximate surface area is 288 Å². The maximum Gasteiger partial charge on any atom is 0.408 e. The van der Waals surface area contributed by atoms with E-state index in [-0.39, 0.29) is 31.4 Å². The number of hydrogen-bond donors (Lipinski definition) is 5. The van der Waals surface area contributed by atoms with E-state index in [9.17, 15) is 24.3 Å². The van der Waals surface area contributed by atoms with Crippen molar-refractivity contribution in [3.05, 3.63) is 108 Å². The molecule has 0 radical (unpaired) electrons. The van der Waals surface area contributed by atoms with Crippen molar-refractivity contribution in [3.63, 3.8) is 0 Å². The number of benzene rings is 3. The number of hydrogen-bond acceptors (Lipinski definition) is 7. The summed E-state index contributed by atoms with van der Waals surface area (Å²) in [4.78, 5) is 53.7. The van der Waals surface area contributed by atoms with E-state index < -0.39 is 54.1 Å². The minimum absolute atomic E-state index is 0.0298. The highest BCUT2D eigenvalue weighted by Crippen LogP contribution is 2.28. The number of aliphatic hydroxyl groups excluding tert-OH is 1. The van der Waals surface area contributed by atoms with Gasteiger partial charge in [0.2, 0.25) is 17.7 Å². The van der Waals surface area contributed by atoms with E-state index in [0.717, 1.165) is 17.5 Å². The molecule has 4 amide bonds. The van der Waals surface area contributed by atoms with Crippen LogP contribution in [-0.2, 0) is 38.6 Å². The van der Waals surface area contributed by atoms with Crippen molar-refractivity contribution in [1.82, 2.24) is 20.9 Å². The summed E-state index contributed by atoms with van der Waals surface area (Å²) in [7, 11) is 0. The van der Waals surface area contributed by atoms with E-state index in [2.05, 4.69) is 28.1 Å². The van der Waals surface area contributed by atoms with Crippen molar-refractivity contribution in [3.8, 4) is 0 Å². The minimum atomic E-state index is -1.33. The van der Waals surface area contributed by atoms with Gasteiger partial charge in [0.15, 0.2) is 0 Å². The van der Waals surface area contributed by atoms with Gasteiger partial charge in [-0.05, 0) is 62.6 Å². The van der Waals surface area contributed by atoms with Crippen LogP contribution in [0.25, 0.3) is 0 Å². The Morgan fingerprint density at radius 3 is 2.02 bits per heavy atom. The molecule has 1 fully saturated rings. The first-order valence-electron chi connectivity index (χ1n) is 16.7. The number of nitrogens with one attached hydrogen (secondary N) is 3. The summed E-state index contributed by atoms with van der Waals surface area (Å²) in [5.41, 5.74) is 7.80. The predicted molar refractivity (Wildman–Crippen MR) is 187 cm³/mol. The standard InChI is InChI=1S/C38H49N5O6/c1-38(2,3)42-36(47)32-21-29(19-26-13-7-4-8-14-26)23-43(32)24-33(44)30(20-27-15-9-5-10-16-27)40-35(46)31(22-34(39)45)41-37(48)49-25-28-17-11-6-12-18-28/h4-18,29-33,44H,19-25H2,1-3H3,(H2,39,45)(H,40,46)(H,41,48)(H,42,47)/t29-,30-,31-,32-,33+/m0/s1. The van der Waals surface area contributed by atoms with E-state index >= 15 is 0 Å². The number of carbonyl (C=O) groups is 4. The second-order valence-corrected chi connectivity index (χ2v) is 13.8. The molecule has 0 bridgehead atoms. The van der Waals surface area contributed by atoms with Gasteiger partial charge in [-0.3, -0.25) is 19.3 Å². The molecule has 5 atom stereocenters. The molecule has 1 aliphatic rings. The third-order valence-electron chi connectivity index (χ3n) is 8.40. The van der Waals surface area contributed by atoms with Gasteiger partial charge in [-0.2, -0.15) is 0 Å². The third kappa shape index (κ3) is 12.3. The summed E-state index contributed by atoms with van der Waals surface area (Å²) in [6, 6.07) is 25.9. The number of nitrogens with two attached hydrogens (primary N) is 1. The first kappa shape index (κ1) is 37.1. The number of primary amides is 1. The average molecular weight is 672 g/mol. The van der Waals surface area contributed by atoms with Crippen molar-refractivity contribution in [2.75, 3.05) is 13.1 Å². The van der Waals surface area contributed by atoms with Gasteiger partial charge in [0.1, 0.15) is 12.6 Å². The normalized spacial score (nSPS) is 18.1. The van der Waals surface area contributed by atoms with Crippen LogP contribution >= 0.6 is 0 Å². The molecule has 1 heterocycles. The quantitative estimate of drug-likeness (QED) is 0.166.